The Balaban J connectivity index is 0.00000220. The van der Waals surface area contributed by atoms with Gasteiger partial charge in [0.2, 0.25) is 0 Å². The number of halogens is 4. The molecule has 0 bridgehead atoms. The summed E-state index contributed by atoms with van der Waals surface area (Å²) in [6.45, 7) is 9.88. The molecule has 0 radical (unpaired) electrons. The van der Waals surface area contributed by atoms with E-state index in [1.807, 2.05) is 13.0 Å². The zero-order valence-electron chi connectivity index (χ0n) is 12.4. The summed E-state index contributed by atoms with van der Waals surface area (Å²) in [5.41, 5.74) is 1.96. The molecule has 0 saturated carbocycles. The highest BCUT2D eigenvalue weighted by atomic mass is 79.9. The van der Waals surface area contributed by atoms with Crippen LogP contribution in [0.1, 0.15) is 24.9 Å². The van der Waals surface area contributed by atoms with Gasteiger partial charge in [-0.3, -0.25) is 4.90 Å². The molecule has 2 rings (SSSR count). The van der Waals surface area contributed by atoms with Gasteiger partial charge in [0.05, 0.1) is 5.02 Å². The Morgan fingerprint density at radius 2 is 2.00 bits per heavy atom. The average molecular weight is 433 g/mol. The fourth-order valence-electron chi connectivity index (χ4n) is 2.61. The summed E-state index contributed by atoms with van der Waals surface area (Å²) in [4.78, 5) is 2.38. The zero-order chi connectivity index (χ0) is 14.7. The van der Waals surface area contributed by atoms with Crippen LogP contribution in [0.2, 0.25) is 5.02 Å². The molecule has 22 heavy (non-hydrogen) atoms. The van der Waals surface area contributed by atoms with Gasteiger partial charge in [-0.15, -0.1) is 31.4 Å². The Morgan fingerprint density at radius 1 is 1.41 bits per heavy atom. The van der Waals surface area contributed by atoms with E-state index in [9.17, 15) is 5.11 Å². The van der Waals surface area contributed by atoms with Crippen molar-refractivity contribution in [1.82, 2.24) is 10.2 Å². The lowest BCUT2D eigenvalue weighted by Crippen LogP contribution is -2.45. The van der Waals surface area contributed by atoms with Gasteiger partial charge in [0.15, 0.2) is 0 Å². The maximum Gasteiger partial charge on any atom is 0.140 e. The second kappa shape index (κ2) is 10.0. The van der Waals surface area contributed by atoms with E-state index in [0.29, 0.717) is 5.02 Å². The van der Waals surface area contributed by atoms with Gasteiger partial charge in [0.25, 0.3) is 0 Å². The Bertz CT molecular complexity index is 508. The predicted molar refractivity (Wildman–Crippen MR) is 102 cm³/mol. The molecule has 126 valence electrons. The van der Waals surface area contributed by atoms with Crippen LogP contribution in [0.5, 0.6) is 5.75 Å². The molecule has 2 N–H and O–H groups in total. The predicted octanol–water partition coefficient (Wildman–Crippen LogP) is 4.56. The topological polar surface area (TPSA) is 35.5 Å². The number of phenols is 1. The third kappa shape index (κ3) is 5.29. The Morgan fingerprint density at radius 3 is 2.55 bits per heavy atom. The number of rotatable bonds is 4. The lowest BCUT2D eigenvalue weighted by molar-refractivity contribution is 0.169. The molecule has 1 aromatic carbocycles. The summed E-state index contributed by atoms with van der Waals surface area (Å²) in [7, 11) is 0. The molecule has 0 aliphatic carbocycles. The summed E-state index contributed by atoms with van der Waals surface area (Å²) in [5, 5.41) is 14.1. The molecule has 3 nitrogen and oxygen atoms in total. The van der Waals surface area contributed by atoms with E-state index in [2.05, 4.69) is 32.7 Å². The number of phenolic OH excluding ortho intramolecular Hbond substituents is 1. The number of nitrogens with zero attached hydrogens (tertiary/aromatic N) is 1. The summed E-state index contributed by atoms with van der Waals surface area (Å²) in [6.07, 6.45) is 0.812. The molecule has 1 atom stereocenters. The van der Waals surface area contributed by atoms with Gasteiger partial charge in [-0.25, -0.2) is 0 Å². The first-order chi connectivity index (χ1) is 9.50. The molecule has 1 aliphatic heterocycles. The molecule has 1 fully saturated rings. The second-order valence-electron chi connectivity index (χ2n) is 5.25. The smallest absolute Gasteiger partial charge is 0.140 e. The molecule has 1 aromatic rings. The number of nitrogens with one attached hydrogen (secondary N) is 1. The van der Waals surface area contributed by atoms with Crippen molar-refractivity contribution in [2.24, 2.45) is 0 Å². The molecule has 1 heterocycles. The van der Waals surface area contributed by atoms with Gasteiger partial charge in [0.1, 0.15) is 5.75 Å². The molecule has 1 aliphatic rings. The second-order valence-corrected chi connectivity index (χ2v) is 6.52. The van der Waals surface area contributed by atoms with E-state index in [-0.39, 0.29) is 36.6 Å². The summed E-state index contributed by atoms with van der Waals surface area (Å²) < 4.78 is 0.893. The minimum atomic E-state index is 0. The molecule has 0 unspecified atom stereocenters. The number of piperazine rings is 1. The molecule has 0 spiro atoms. The summed E-state index contributed by atoms with van der Waals surface area (Å²) in [6, 6.07) is 3.70. The van der Waals surface area contributed by atoms with Crippen molar-refractivity contribution in [2.75, 3.05) is 26.2 Å². The number of benzene rings is 1. The van der Waals surface area contributed by atoms with Crippen molar-refractivity contribution < 1.29 is 5.11 Å². The van der Waals surface area contributed by atoms with Crippen LogP contribution in [0.3, 0.4) is 0 Å². The van der Waals surface area contributed by atoms with Crippen LogP contribution in [0.25, 0.3) is 0 Å². The SMILES string of the molecule is C=C(C)C[C@@H](c1c(Br)ccc(Cl)c1O)N1CCNCC1.Cl.Cl. The van der Waals surface area contributed by atoms with E-state index < -0.39 is 0 Å². The van der Waals surface area contributed by atoms with Gasteiger partial charge in [-0.05, 0) is 25.5 Å². The Kier molecular flexibility index (Phi) is 10.0. The van der Waals surface area contributed by atoms with E-state index in [1.54, 1.807) is 6.07 Å². The quantitative estimate of drug-likeness (QED) is 0.685. The first-order valence-electron chi connectivity index (χ1n) is 6.76. The molecule has 0 amide bonds. The Labute approximate surface area is 158 Å². The van der Waals surface area contributed by atoms with Crippen LogP contribution in [-0.2, 0) is 0 Å². The molecule has 1 saturated heterocycles. The van der Waals surface area contributed by atoms with Crippen molar-refractivity contribution in [2.45, 2.75) is 19.4 Å². The number of hydrogen-bond donors (Lipinski definition) is 2. The van der Waals surface area contributed by atoms with E-state index in [1.165, 1.54) is 0 Å². The van der Waals surface area contributed by atoms with E-state index >= 15 is 0 Å². The van der Waals surface area contributed by atoms with Crippen molar-refractivity contribution in [1.29, 1.82) is 0 Å². The van der Waals surface area contributed by atoms with Crippen LogP contribution in [0.15, 0.2) is 28.8 Å². The first-order valence-corrected chi connectivity index (χ1v) is 7.94. The largest absolute Gasteiger partial charge is 0.506 e. The first kappa shape index (κ1) is 22.0. The maximum absolute atomic E-state index is 10.4. The highest BCUT2D eigenvalue weighted by molar-refractivity contribution is 9.10. The third-order valence-corrected chi connectivity index (χ3v) is 4.58. The number of hydrogen-bond acceptors (Lipinski definition) is 3. The Hall–Kier alpha value is 0.0300. The minimum Gasteiger partial charge on any atom is -0.506 e. The van der Waals surface area contributed by atoms with Crippen LogP contribution in [0, 0.1) is 0 Å². The fourth-order valence-corrected chi connectivity index (χ4v) is 3.36. The van der Waals surface area contributed by atoms with Crippen LogP contribution in [-0.4, -0.2) is 36.2 Å². The van der Waals surface area contributed by atoms with Gasteiger partial charge >= 0.3 is 0 Å². The fraction of sp³-hybridized carbons (Fsp3) is 0.467. The van der Waals surface area contributed by atoms with Crippen molar-refractivity contribution in [3.63, 3.8) is 0 Å². The van der Waals surface area contributed by atoms with Crippen molar-refractivity contribution in [3.8, 4) is 5.75 Å². The van der Waals surface area contributed by atoms with E-state index in [4.69, 9.17) is 11.6 Å². The monoisotopic (exact) mass is 430 g/mol. The zero-order valence-corrected chi connectivity index (χ0v) is 16.4. The summed E-state index contributed by atoms with van der Waals surface area (Å²) in [5.74, 6) is 0.172. The van der Waals surface area contributed by atoms with Crippen molar-refractivity contribution in [3.05, 3.63) is 39.3 Å². The average Bonchev–Trinajstić information content (AvgIpc) is 2.43. The van der Waals surface area contributed by atoms with Gasteiger partial charge in [-0.1, -0.05) is 33.1 Å². The highest BCUT2D eigenvalue weighted by Gasteiger charge is 2.27. The minimum absolute atomic E-state index is 0. The van der Waals surface area contributed by atoms with E-state index in [0.717, 1.165) is 48.2 Å². The molecular formula is C15H22BrCl3N2O. The molecular weight excluding hydrogens is 410 g/mol. The van der Waals surface area contributed by atoms with Gasteiger partial charge < -0.3 is 10.4 Å². The van der Waals surface area contributed by atoms with Crippen LogP contribution < -0.4 is 5.32 Å². The molecule has 0 aromatic heterocycles. The molecule has 7 heteroatoms. The lowest BCUT2D eigenvalue weighted by atomic mass is 9.97. The number of aromatic hydroxyl groups is 1. The van der Waals surface area contributed by atoms with Gasteiger partial charge in [-0.2, -0.15) is 0 Å². The lowest BCUT2D eigenvalue weighted by Gasteiger charge is -2.36. The normalized spacial score (nSPS) is 16.3. The standard InChI is InChI=1S/C15H20BrClN2O.2ClH/c1-10(2)9-13(19-7-5-18-6-8-19)14-11(16)3-4-12(17)15(14)20;;/h3-4,13,18,20H,1,5-9H2,2H3;2*1H/t13-;;/m0../s1. The maximum atomic E-state index is 10.4. The van der Waals surface area contributed by atoms with Crippen LogP contribution >= 0.6 is 52.3 Å². The van der Waals surface area contributed by atoms with Crippen LogP contribution in [0.4, 0.5) is 0 Å². The highest BCUT2D eigenvalue weighted by Crippen LogP contribution is 2.41. The van der Waals surface area contributed by atoms with Crippen molar-refractivity contribution >= 4 is 52.3 Å². The van der Waals surface area contributed by atoms with Gasteiger partial charge in [0, 0.05) is 42.3 Å². The summed E-state index contributed by atoms with van der Waals surface area (Å²) >= 11 is 9.63. The third-order valence-electron chi connectivity index (χ3n) is 3.58.